The van der Waals surface area contributed by atoms with Gasteiger partial charge in [0.25, 0.3) is 0 Å². The van der Waals surface area contributed by atoms with Crippen LogP contribution in [-0.2, 0) is 4.74 Å². The third kappa shape index (κ3) is 3.93. The lowest BCUT2D eigenvalue weighted by Gasteiger charge is -2.21. The number of methoxy groups -OCH3 is 2. The molecular weight excluding hydrogens is 374 g/mol. The van der Waals surface area contributed by atoms with Gasteiger partial charge in [-0.3, -0.25) is 4.57 Å². The molecule has 0 atom stereocenters. The van der Waals surface area contributed by atoms with Gasteiger partial charge >= 0.3 is 6.09 Å². The van der Waals surface area contributed by atoms with Crippen LogP contribution in [0.3, 0.4) is 0 Å². The van der Waals surface area contributed by atoms with Crippen molar-refractivity contribution in [3.8, 4) is 22.8 Å². The van der Waals surface area contributed by atoms with E-state index in [2.05, 4.69) is 15.9 Å². The topological polar surface area (TPSA) is 49.7 Å². The van der Waals surface area contributed by atoms with Crippen LogP contribution in [0.4, 0.5) is 4.79 Å². The van der Waals surface area contributed by atoms with Crippen molar-refractivity contribution >= 4 is 22.0 Å². The second-order valence-corrected chi connectivity index (χ2v) is 7.33. The van der Waals surface area contributed by atoms with Gasteiger partial charge in [-0.2, -0.15) is 0 Å². The third-order valence-electron chi connectivity index (χ3n) is 3.38. The molecule has 1 aromatic carbocycles. The Morgan fingerprint density at radius 3 is 2.21 bits per heavy atom. The molecule has 0 unspecified atom stereocenters. The zero-order valence-corrected chi connectivity index (χ0v) is 16.4. The smallest absolute Gasteiger partial charge is 0.419 e. The molecule has 0 fully saturated rings. The fraction of sp³-hybridized carbons (Fsp3) is 0.389. The summed E-state index contributed by atoms with van der Waals surface area (Å²) in [6, 6.07) is 5.61. The molecule has 0 aliphatic heterocycles. The van der Waals surface area contributed by atoms with Gasteiger partial charge in [-0.1, -0.05) is 0 Å². The number of benzene rings is 1. The summed E-state index contributed by atoms with van der Waals surface area (Å²) in [7, 11) is 3.18. The molecule has 24 heavy (non-hydrogen) atoms. The Bertz CT molecular complexity index is 759. The molecule has 1 aromatic heterocycles. The Morgan fingerprint density at radius 2 is 1.67 bits per heavy atom. The summed E-state index contributed by atoms with van der Waals surface area (Å²) in [4.78, 5) is 12.5. The molecule has 0 spiro atoms. The van der Waals surface area contributed by atoms with Crippen molar-refractivity contribution in [1.29, 1.82) is 0 Å². The first-order chi connectivity index (χ1) is 11.2. The van der Waals surface area contributed by atoms with Crippen LogP contribution in [0.2, 0.25) is 0 Å². The van der Waals surface area contributed by atoms with Gasteiger partial charge in [-0.05, 0) is 67.4 Å². The van der Waals surface area contributed by atoms with Crippen molar-refractivity contribution in [2.75, 3.05) is 14.2 Å². The molecule has 1 heterocycles. The highest BCUT2D eigenvalue weighted by atomic mass is 79.9. The van der Waals surface area contributed by atoms with Crippen LogP contribution in [0.25, 0.3) is 11.3 Å². The number of hydrogen-bond acceptors (Lipinski definition) is 4. The molecular formula is C18H22BrNO4. The van der Waals surface area contributed by atoms with Gasteiger partial charge < -0.3 is 14.2 Å². The number of aromatic nitrogens is 1. The van der Waals surface area contributed by atoms with E-state index in [1.807, 2.05) is 45.9 Å². The molecule has 5 nitrogen and oxygen atoms in total. The number of aryl methyl sites for hydroxylation is 1. The SMILES string of the molecule is COc1cc(C)c(-c2cc(Br)cn2C(=O)OC(C)(C)C)cc1OC. The first-order valence-electron chi connectivity index (χ1n) is 7.50. The molecule has 0 bridgehead atoms. The average Bonchev–Trinajstić information content (AvgIpc) is 2.87. The Hall–Kier alpha value is -1.95. The number of hydrogen-bond donors (Lipinski definition) is 0. The molecule has 130 valence electrons. The van der Waals surface area contributed by atoms with Crippen LogP contribution >= 0.6 is 15.9 Å². The third-order valence-corrected chi connectivity index (χ3v) is 3.82. The zero-order chi connectivity index (χ0) is 18.1. The highest BCUT2D eigenvalue weighted by molar-refractivity contribution is 9.10. The molecule has 0 N–H and O–H groups in total. The molecule has 0 aliphatic rings. The quantitative estimate of drug-likeness (QED) is 0.731. The Labute approximate surface area is 150 Å². The Kier molecular flexibility index (Phi) is 5.28. The lowest BCUT2D eigenvalue weighted by molar-refractivity contribution is 0.0540. The van der Waals surface area contributed by atoms with Gasteiger partial charge in [0.15, 0.2) is 11.5 Å². The number of nitrogens with zero attached hydrogens (tertiary/aromatic N) is 1. The lowest BCUT2D eigenvalue weighted by Crippen LogP contribution is -2.27. The first-order valence-corrected chi connectivity index (χ1v) is 8.30. The molecule has 2 rings (SSSR count). The lowest BCUT2D eigenvalue weighted by atomic mass is 10.0. The van der Waals surface area contributed by atoms with Crippen molar-refractivity contribution < 1.29 is 19.0 Å². The second-order valence-electron chi connectivity index (χ2n) is 6.42. The molecule has 6 heteroatoms. The van der Waals surface area contributed by atoms with Crippen molar-refractivity contribution in [3.63, 3.8) is 0 Å². The van der Waals surface area contributed by atoms with Gasteiger partial charge in [0.2, 0.25) is 0 Å². The largest absolute Gasteiger partial charge is 0.493 e. The summed E-state index contributed by atoms with van der Waals surface area (Å²) >= 11 is 3.43. The van der Waals surface area contributed by atoms with E-state index in [4.69, 9.17) is 14.2 Å². The van der Waals surface area contributed by atoms with E-state index in [9.17, 15) is 4.79 Å². The number of rotatable bonds is 3. The van der Waals surface area contributed by atoms with E-state index in [0.29, 0.717) is 11.5 Å². The van der Waals surface area contributed by atoms with Crippen molar-refractivity contribution in [2.24, 2.45) is 0 Å². The highest BCUT2D eigenvalue weighted by Gasteiger charge is 2.22. The first kappa shape index (κ1) is 18.4. The van der Waals surface area contributed by atoms with Gasteiger partial charge in [-0.15, -0.1) is 0 Å². The normalized spacial score (nSPS) is 11.3. The standard InChI is InChI=1S/C18H22BrNO4/c1-11-7-15(22-5)16(23-6)9-13(11)14-8-12(19)10-20(14)17(21)24-18(2,3)4/h7-10H,1-6H3. The van der Waals surface area contributed by atoms with Crippen LogP contribution in [-0.4, -0.2) is 30.5 Å². The molecule has 0 saturated carbocycles. The van der Waals surface area contributed by atoms with Crippen molar-refractivity contribution in [2.45, 2.75) is 33.3 Å². The van der Waals surface area contributed by atoms with Crippen LogP contribution in [0, 0.1) is 6.92 Å². The summed E-state index contributed by atoms with van der Waals surface area (Å²) in [5.41, 5.74) is 1.97. The van der Waals surface area contributed by atoms with Crippen LogP contribution < -0.4 is 9.47 Å². The average molecular weight is 396 g/mol. The number of halogens is 1. The van der Waals surface area contributed by atoms with Crippen molar-refractivity contribution in [1.82, 2.24) is 4.57 Å². The maximum atomic E-state index is 12.5. The number of carbonyl (C=O) groups is 1. The summed E-state index contributed by atoms with van der Waals surface area (Å²) in [5.74, 6) is 1.25. The summed E-state index contributed by atoms with van der Waals surface area (Å²) in [6.45, 7) is 7.47. The summed E-state index contributed by atoms with van der Waals surface area (Å²) in [5, 5.41) is 0. The Morgan fingerprint density at radius 1 is 1.08 bits per heavy atom. The van der Waals surface area contributed by atoms with E-state index >= 15 is 0 Å². The Balaban J connectivity index is 2.56. The van der Waals surface area contributed by atoms with Crippen molar-refractivity contribution in [3.05, 3.63) is 34.4 Å². The summed E-state index contributed by atoms with van der Waals surface area (Å²) in [6.07, 6.45) is 1.26. The fourth-order valence-corrected chi connectivity index (χ4v) is 2.78. The van der Waals surface area contributed by atoms with Gasteiger partial charge in [0.05, 0.1) is 19.9 Å². The van der Waals surface area contributed by atoms with E-state index in [-0.39, 0.29) is 0 Å². The second kappa shape index (κ2) is 6.89. The van der Waals surface area contributed by atoms with Crippen LogP contribution in [0.1, 0.15) is 26.3 Å². The van der Waals surface area contributed by atoms with Gasteiger partial charge in [-0.25, -0.2) is 4.79 Å². The summed E-state index contributed by atoms with van der Waals surface area (Å²) < 4.78 is 18.5. The number of ether oxygens (including phenoxy) is 3. The van der Waals surface area contributed by atoms with Gasteiger partial charge in [0.1, 0.15) is 5.60 Å². The van der Waals surface area contributed by atoms with E-state index in [1.54, 1.807) is 20.4 Å². The van der Waals surface area contributed by atoms with E-state index in [0.717, 1.165) is 21.3 Å². The predicted molar refractivity (Wildman–Crippen MR) is 97.0 cm³/mol. The van der Waals surface area contributed by atoms with Crippen LogP contribution in [0.5, 0.6) is 11.5 Å². The zero-order valence-electron chi connectivity index (χ0n) is 14.8. The minimum absolute atomic E-state index is 0.433. The molecule has 0 amide bonds. The number of carbonyl (C=O) groups excluding carboxylic acids is 1. The minimum Gasteiger partial charge on any atom is -0.493 e. The predicted octanol–water partition coefficient (Wildman–Crippen LogP) is 5.03. The maximum Gasteiger partial charge on any atom is 0.419 e. The molecule has 0 aliphatic carbocycles. The monoisotopic (exact) mass is 395 g/mol. The minimum atomic E-state index is -0.572. The van der Waals surface area contributed by atoms with Gasteiger partial charge in [0, 0.05) is 16.2 Å². The highest BCUT2D eigenvalue weighted by Crippen LogP contribution is 2.37. The molecule has 2 aromatic rings. The fourth-order valence-electron chi connectivity index (χ4n) is 2.36. The van der Waals surface area contributed by atoms with E-state index < -0.39 is 11.7 Å². The maximum absolute atomic E-state index is 12.5. The molecule has 0 saturated heterocycles. The molecule has 0 radical (unpaired) electrons. The van der Waals surface area contributed by atoms with E-state index in [1.165, 1.54) is 4.57 Å². The van der Waals surface area contributed by atoms with Crippen LogP contribution in [0.15, 0.2) is 28.9 Å².